The minimum absolute atomic E-state index is 0.158. The Hall–Kier alpha value is -1.07. The van der Waals surface area contributed by atoms with E-state index in [1.165, 1.54) is 0 Å². The van der Waals surface area contributed by atoms with Crippen molar-refractivity contribution in [1.29, 1.82) is 0 Å². The molecule has 102 valence electrons. The van der Waals surface area contributed by atoms with Gasteiger partial charge in [0.25, 0.3) is 0 Å². The summed E-state index contributed by atoms with van der Waals surface area (Å²) in [6.07, 6.45) is 4.01. The summed E-state index contributed by atoms with van der Waals surface area (Å²) in [6, 6.07) is 6.64. The van der Waals surface area contributed by atoms with Gasteiger partial charge in [0.05, 0.1) is 17.9 Å². The molecule has 1 aromatic carbocycles. The maximum atomic E-state index is 12.3. The SMILES string of the molecule is NC1CCC(N2C(=O)CNc3ccc(Br)cc32)CC1. The zero-order valence-electron chi connectivity index (χ0n) is 10.7. The summed E-state index contributed by atoms with van der Waals surface area (Å²) in [5, 5.41) is 3.18. The van der Waals surface area contributed by atoms with Crippen molar-refractivity contribution < 1.29 is 4.79 Å². The van der Waals surface area contributed by atoms with Crippen LogP contribution in [0.4, 0.5) is 11.4 Å². The van der Waals surface area contributed by atoms with Crippen molar-refractivity contribution >= 4 is 33.2 Å². The predicted octanol–water partition coefficient (Wildman–Crippen LogP) is 2.48. The molecule has 2 aliphatic rings. The monoisotopic (exact) mass is 323 g/mol. The molecule has 1 fully saturated rings. The molecule has 0 saturated heterocycles. The first kappa shape index (κ1) is 12.9. The number of rotatable bonds is 1. The van der Waals surface area contributed by atoms with E-state index in [1.54, 1.807) is 0 Å². The van der Waals surface area contributed by atoms with Crippen molar-refractivity contribution in [1.82, 2.24) is 0 Å². The van der Waals surface area contributed by atoms with Crippen molar-refractivity contribution in [3.8, 4) is 0 Å². The third-order valence-electron chi connectivity index (χ3n) is 4.02. The maximum Gasteiger partial charge on any atom is 0.246 e. The number of nitrogens with one attached hydrogen (secondary N) is 1. The molecule has 0 spiro atoms. The summed E-state index contributed by atoms with van der Waals surface area (Å²) in [4.78, 5) is 14.2. The third-order valence-corrected chi connectivity index (χ3v) is 4.52. The van der Waals surface area contributed by atoms with Gasteiger partial charge in [-0.1, -0.05) is 15.9 Å². The van der Waals surface area contributed by atoms with E-state index >= 15 is 0 Å². The first-order chi connectivity index (χ1) is 9.15. The highest BCUT2D eigenvalue weighted by Crippen LogP contribution is 2.36. The molecule has 1 heterocycles. The fourth-order valence-corrected chi connectivity index (χ4v) is 3.35. The van der Waals surface area contributed by atoms with Gasteiger partial charge >= 0.3 is 0 Å². The number of carbonyl (C=O) groups excluding carboxylic acids is 1. The summed E-state index contributed by atoms with van der Waals surface area (Å²) in [7, 11) is 0. The average Bonchev–Trinajstić information content (AvgIpc) is 2.40. The van der Waals surface area contributed by atoms with Crippen LogP contribution < -0.4 is 16.0 Å². The number of amides is 1. The second-order valence-corrected chi connectivity index (χ2v) is 6.26. The zero-order chi connectivity index (χ0) is 13.4. The second kappa shape index (κ2) is 5.13. The lowest BCUT2D eigenvalue weighted by Crippen LogP contribution is -2.49. The van der Waals surface area contributed by atoms with E-state index in [4.69, 9.17) is 5.73 Å². The molecule has 1 saturated carbocycles. The van der Waals surface area contributed by atoms with Crippen LogP contribution in [0.25, 0.3) is 0 Å². The van der Waals surface area contributed by atoms with Gasteiger partial charge in [0.15, 0.2) is 0 Å². The molecule has 0 radical (unpaired) electrons. The quantitative estimate of drug-likeness (QED) is 0.834. The summed E-state index contributed by atoms with van der Waals surface area (Å²) in [5.41, 5.74) is 7.99. The van der Waals surface area contributed by atoms with E-state index in [0.29, 0.717) is 18.6 Å². The lowest BCUT2D eigenvalue weighted by Gasteiger charge is -2.39. The van der Waals surface area contributed by atoms with Crippen molar-refractivity contribution in [3.63, 3.8) is 0 Å². The van der Waals surface area contributed by atoms with Crippen molar-refractivity contribution in [3.05, 3.63) is 22.7 Å². The number of nitrogens with zero attached hydrogens (tertiary/aromatic N) is 1. The Labute approximate surface area is 121 Å². The Morgan fingerprint density at radius 2 is 2.00 bits per heavy atom. The minimum atomic E-state index is 0.158. The van der Waals surface area contributed by atoms with Crippen LogP contribution in [-0.2, 0) is 4.79 Å². The number of hydrogen-bond donors (Lipinski definition) is 2. The third kappa shape index (κ3) is 2.49. The van der Waals surface area contributed by atoms with Crippen LogP contribution >= 0.6 is 15.9 Å². The molecule has 3 rings (SSSR count). The summed E-state index contributed by atoms with van der Waals surface area (Å²) >= 11 is 3.49. The standard InChI is InChI=1S/C14H18BrN3O/c15-9-1-6-12-13(7-9)18(14(19)8-17-12)11-4-2-10(16)3-5-11/h1,6-7,10-11,17H,2-5,8,16H2. The van der Waals surface area contributed by atoms with Gasteiger partial charge < -0.3 is 16.0 Å². The molecule has 5 heteroatoms. The largest absolute Gasteiger partial charge is 0.374 e. The highest BCUT2D eigenvalue weighted by molar-refractivity contribution is 9.10. The Balaban J connectivity index is 1.92. The molecule has 19 heavy (non-hydrogen) atoms. The van der Waals surface area contributed by atoms with Gasteiger partial charge in [-0.2, -0.15) is 0 Å². The number of halogens is 1. The molecule has 0 aromatic heterocycles. The number of fused-ring (bicyclic) bond motifs is 1. The van der Waals surface area contributed by atoms with Crippen LogP contribution in [0.5, 0.6) is 0 Å². The molecule has 1 aromatic rings. The highest BCUT2D eigenvalue weighted by atomic mass is 79.9. The van der Waals surface area contributed by atoms with E-state index in [-0.39, 0.29) is 5.91 Å². The average molecular weight is 324 g/mol. The highest BCUT2D eigenvalue weighted by Gasteiger charge is 2.32. The van der Waals surface area contributed by atoms with Crippen LogP contribution in [0.1, 0.15) is 25.7 Å². The molecule has 0 bridgehead atoms. The predicted molar refractivity (Wildman–Crippen MR) is 80.3 cm³/mol. The molecule has 4 nitrogen and oxygen atoms in total. The van der Waals surface area contributed by atoms with Gasteiger partial charge in [0.1, 0.15) is 0 Å². The zero-order valence-corrected chi connectivity index (χ0v) is 12.3. The summed E-state index contributed by atoms with van der Waals surface area (Å²) < 4.78 is 1.00. The first-order valence-corrected chi connectivity index (χ1v) is 7.55. The molecule has 1 aliphatic heterocycles. The number of nitrogens with two attached hydrogens (primary N) is 1. The molecule has 3 N–H and O–H groups in total. The molecular formula is C14H18BrN3O. The van der Waals surface area contributed by atoms with Crippen LogP contribution in [0.2, 0.25) is 0 Å². The Bertz CT molecular complexity index is 497. The van der Waals surface area contributed by atoms with Crippen molar-refractivity contribution in [2.45, 2.75) is 37.8 Å². The Morgan fingerprint density at radius 3 is 2.74 bits per heavy atom. The number of hydrogen-bond acceptors (Lipinski definition) is 3. The summed E-state index contributed by atoms with van der Waals surface area (Å²) in [5.74, 6) is 0.158. The van der Waals surface area contributed by atoms with Crippen LogP contribution in [0.15, 0.2) is 22.7 Å². The minimum Gasteiger partial charge on any atom is -0.374 e. The molecule has 0 atom stereocenters. The van der Waals surface area contributed by atoms with Crippen LogP contribution in [-0.4, -0.2) is 24.5 Å². The van der Waals surface area contributed by atoms with E-state index in [9.17, 15) is 4.79 Å². The smallest absolute Gasteiger partial charge is 0.246 e. The lowest BCUT2D eigenvalue weighted by atomic mass is 9.90. The van der Waals surface area contributed by atoms with Gasteiger partial charge in [0.2, 0.25) is 5.91 Å². The fourth-order valence-electron chi connectivity index (χ4n) is 3.00. The number of carbonyl (C=O) groups is 1. The van der Waals surface area contributed by atoms with Gasteiger partial charge in [0, 0.05) is 16.6 Å². The van der Waals surface area contributed by atoms with E-state index in [1.807, 2.05) is 23.1 Å². The molecule has 0 unspecified atom stereocenters. The molecule has 1 aliphatic carbocycles. The Morgan fingerprint density at radius 1 is 1.26 bits per heavy atom. The molecule has 1 amide bonds. The summed E-state index contributed by atoms with van der Waals surface area (Å²) in [6.45, 7) is 0.386. The van der Waals surface area contributed by atoms with Crippen molar-refractivity contribution in [2.24, 2.45) is 5.73 Å². The Kier molecular flexibility index (Phi) is 3.50. The number of anilines is 2. The molecular weight excluding hydrogens is 306 g/mol. The number of benzene rings is 1. The van der Waals surface area contributed by atoms with Crippen LogP contribution in [0, 0.1) is 0 Å². The van der Waals surface area contributed by atoms with Gasteiger partial charge in [-0.3, -0.25) is 4.79 Å². The van der Waals surface area contributed by atoms with Gasteiger partial charge in [-0.05, 0) is 43.9 Å². The maximum absolute atomic E-state index is 12.3. The van der Waals surface area contributed by atoms with E-state index < -0.39 is 0 Å². The normalized spacial score (nSPS) is 26.8. The van der Waals surface area contributed by atoms with Crippen LogP contribution in [0.3, 0.4) is 0 Å². The lowest BCUT2D eigenvalue weighted by molar-refractivity contribution is -0.117. The van der Waals surface area contributed by atoms with Gasteiger partial charge in [-0.15, -0.1) is 0 Å². The first-order valence-electron chi connectivity index (χ1n) is 6.76. The van der Waals surface area contributed by atoms with E-state index in [2.05, 4.69) is 21.2 Å². The fraction of sp³-hybridized carbons (Fsp3) is 0.500. The van der Waals surface area contributed by atoms with Gasteiger partial charge in [-0.25, -0.2) is 0 Å². The van der Waals surface area contributed by atoms with Crippen molar-refractivity contribution in [2.75, 3.05) is 16.8 Å². The topological polar surface area (TPSA) is 58.4 Å². The second-order valence-electron chi connectivity index (χ2n) is 5.35. The van der Waals surface area contributed by atoms with E-state index in [0.717, 1.165) is 41.5 Å².